The minimum absolute atomic E-state index is 0.188. The molecule has 3 atom stereocenters. The summed E-state index contributed by atoms with van der Waals surface area (Å²) >= 11 is 0. The molecule has 1 fully saturated rings. The highest BCUT2D eigenvalue weighted by atomic mass is 19.1. The molecule has 0 radical (unpaired) electrons. The summed E-state index contributed by atoms with van der Waals surface area (Å²) in [7, 11) is 0. The van der Waals surface area contributed by atoms with Gasteiger partial charge in [-0.05, 0) is 80.7 Å². The van der Waals surface area contributed by atoms with Crippen LogP contribution in [0.4, 0.5) is 10.2 Å². The van der Waals surface area contributed by atoms with Crippen molar-refractivity contribution in [3.05, 3.63) is 52.5 Å². The van der Waals surface area contributed by atoms with Crippen LogP contribution in [0.15, 0.2) is 24.3 Å². The molecule has 212 valence electrons. The van der Waals surface area contributed by atoms with Gasteiger partial charge in [0.05, 0.1) is 13.2 Å². The average molecular weight is 540 g/mol. The zero-order valence-electron chi connectivity index (χ0n) is 23.3. The molecule has 1 aromatic heterocycles. The summed E-state index contributed by atoms with van der Waals surface area (Å²) in [6.45, 7) is 7.09. The smallest absolute Gasteiger partial charge is 0.325 e. The number of pyridine rings is 1. The zero-order chi connectivity index (χ0) is 27.4. The molecule has 0 unspecified atom stereocenters. The second-order valence-electron chi connectivity index (χ2n) is 11.7. The summed E-state index contributed by atoms with van der Waals surface area (Å²) < 4.78 is 26.7. The van der Waals surface area contributed by atoms with Gasteiger partial charge in [0.25, 0.3) is 0 Å². The van der Waals surface area contributed by atoms with E-state index in [0.29, 0.717) is 42.5 Å². The summed E-state index contributed by atoms with van der Waals surface area (Å²) in [6, 6.07) is 6.20. The number of nitrogens with one attached hydrogen (secondary N) is 1. The van der Waals surface area contributed by atoms with Gasteiger partial charge < -0.3 is 19.9 Å². The second-order valence-corrected chi connectivity index (χ2v) is 11.7. The summed E-state index contributed by atoms with van der Waals surface area (Å²) in [6.07, 6.45) is 8.44. The van der Waals surface area contributed by atoms with Gasteiger partial charge in [-0.1, -0.05) is 32.8 Å². The van der Waals surface area contributed by atoms with E-state index in [0.717, 1.165) is 63.0 Å². The van der Waals surface area contributed by atoms with Crippen LogP contribution < -0.4 is 10.1 Å². The van der Waals surface area contributed by atoms with Crippen LogP contribution in [0.25, 0.3) is 0 Å². The van der Waals surface area contributed by atoms with Crippen LogP contribution in [-0.4, -0.2) is 53.3 Å². The third-order valence-corrected chi connectivity index (χ3v) is 8.42. The number of aryl methyl sites for hydroxylation is 2. The lowest BCUT2D eigenvalue weighted by atomic mass is 9.98. The number of anilines is 1. The first-order valence-electron chi connectivity index (χ1n) is 14.6. The van der Waals surface area contributed by atoms with Crippen LogP contribution in [0, 0.1) is 17.7 Å². The van der Waals surface area contributed by atoms with Crippen molar-refractivity contribution in [3.63, 3.8) is 0 Å². The summed E-state index contributed by atoms with van der Waals surface area (Å²) in [5, 5.41) is 13.7. The summed E-state index contributed by atoms with van der Waals surface area (Å²) in [5.74, 6) is 0.751. The Balaban J connectivity index is 1.17. The van der Waals surface area contributed by atoms with Gasteiger partial charge in [0.2, 0.25) is 0 Å². The van der Waals surface area contributed by atoms with Crippen molar-refractivity contribution < 1.29 is 23.8 Å². The Morgan fingerprint density at radius 1 is 1.23 bits per heavy atom. The molecule has 2 aromatic rings. The van der Waals surface area contributed by atoms with Crippen molar-refractivity contribution in [1.82, 2.24) is 9.88 Å². The molecular formula is C31H42FN3O4. The molecule has 7 nitrogen and oxygen atoms in total. The molecule has 4 heterocycles. The maximum atomic E-state index is 14.6. The fraction of sp³-hybridized carbons (Fsp3) is 0.613. The van der Waals surface area contributed by atoms with Crippen molar-refractivity contribution in [3.8, 4) is 5.75 Å². The lowest BCUT2D eigenvalue weighted by Crippen LogP contribution is -2.34. The molecule has 0 saturated carbocycles. The molecular weight excluding hydrogens is 497 g/mol. The van der Waals surface area contributed by atoms with Crippen LogP contribution in [0.5, 0.6) is 5.75 Å². The Labute approximate surface area is 231 Å². The molecule has 39 heavy (non-hydrogen) atoms. The van der Waals surface area contributed by atoms with Gasteiger partial charge in [0.15, 0.2) is 0 Å². The number of rotatable bonds is 10. The molecule has 8 heteroatoms. The van der Waals surface area contributed by atoms with E-state index in [9.17, 15) is 14.3 Å². The van der Waals surface area contributed by atoms with E-state index in [2.05, 4.69) is 17.4 Å². The average Bonchev–Trinajstić information content (AvgIpc) is 3.25. The number of hydrogen-bond acceptors (Lipinski definition) is 6. The van der Waals surface area contributed by atoms with E-state index < -0.39 is 17.8 Å². The minimum atomic E-state index is -0.967. The fourth-order valence-electron chi connectivity index (χ4n) is 6.17. The molecule has 5 rings (SSSR count). The number of hydrogen-bond donors (Lipinski definition) is 2. The number of aromatic nitrogens is 1. The Kier molecular flexibility index (Phi) is 9.03. The minimum Gasteiger partial charge on any atom is -0.487 e. The highest BCUT2D eigenvalue weighted by molar-refractivity contribution is 5.77. The standard InChI is InChI=1S/C31H42FN3O4/c1-20(2)27-19-38-18-23-15-24(32)16-26(29(23)39-27)28(31(36)37)35-14-12-21(17-35)7-4-3-5-9-25-11-10-22-8-6-13-33-30(22)34-25/h10-11,15-16,20-21,27-28H,3-9,12-14,17-19H2,1-2H3,(H,33,34)(H,36,37)/t21-,27+,28+/m1/s1. The molecule has 0 aliphatic carbocycles. The number of carbonyl (C=O) groups is 1. The van der Waals surface area contributed by atoms with Crippen molar-refractivity contribution in [2.45, 2.75) is 84.0 Å². The van der Waals surface area contributed by atoms with E-state index in [1.807, 2.05) is 18.7 Å². The van der Waals surface area contributed by atoms with Gasteiger partial charge in [0, 0.05) is 29.9 Å². The first-order valence-corrected chi connectivity index (χ1v) is 14.6. The topological polar surface area (TPSA) is 83.9 Å². The Morgan fingerprint density at radius 2 is 2.10 bits per heavy atom. The van der Waals surface area contributed by atoms with Gasteiger partial charge in [-0.3, -0.25) is 9.69 Å². The van der Waals surface area contributed by atoms with Crippen LogP contribution in [-0.2, 0) is 29.0 Å². The van der Waals surface area contributed by atoms with Crippen molar-refractivity contribution in [2.24, 2.45) is 11.8 Å². The van der Waals surface area contributed by atoms with Gasteiger partial charge in [-0.25, -0.2) is 9.37 Å². The quantitative estimate of drug-likeness (QED) is 0.371. The third-order valence-electron chi connectivity index (χ3n) is 8.42. The largest absolute Gasteiger partial charge is 0.487 e. The van der Waals surface area contributed by atoms with Crippen LogP contribution >= 0.6 is 0 Å². The van der Waals surface area contributed by atoms with E-state index in [-0.39, 0.29) is 18.6 Å². The van der Waals surface area contributed by atoms with Gasteiger partial charge in [-0.15, -0.1) is 0 Å². The summed E-state index contributed by atoms with van der Waals surface area (Å²) in [4.78, 5) is 19.3. The predicted octanol–water partition coefficient (Wildman–Crippen LogP) is 5.76. The van der Waals surface area contributed by atoms with E-state index >= 15 is 0 Å². The van der Waals surface area contributed by atoms with Crippen molar-refractivity contribution in [2.75, 3.05) is 31.6 Å². The number of ether oxygens (including phenoxy) is 2. The number of benzene rings is 1. The number of halogens is 1. The Morgan fingerprint density at radius 3 is 2.92 bits per heavy atom. The van der Waals surface area contributed by atoms with Crippen LogP contribution in [0.1, 0.15) is 80.8 Å². The highest BCUT2D eigenvalue weighted by Gasteiger charge is 2.37. The molecule has 0 spiro atoms. The molecule has 1 aromatic carbocycles. The summed E-state index contributed by atoms with van der Waals surface area (Å²) in [5.41, 5.74) is 3.46. The number of likely N-dealkylation sites (tertiary alicyclic amines) is 1. The first-order chi connectivity index (χ1) is 18.9. The number of carboxylic acids is 1. The fourth-order valence-corrected chi connectivity index (χ4v) is 6.17. The normalized spacial score (nSPS) is 21.9. The number of aliphatic carboxylic acids is 1. The predicted molar refractivity (Wildman–Crippen MR) is 149 cm³/mol. The number of fused-ring (bicyclic) bond motifs is 2. The van der Waals surface area contributed by atoms with Gasteiger partial charge in [-0.2, -0.15) is 0 Å². The molecule has 2 N–H and O–H groups in total. The maximum absolute atomic E-state index is 14.6. The number of nitrogens with zero attached hydrogens (tertiary/aromatic N) is 2. The monoisotopic (exact) mass is 539 g/mol. The molecule has 0 amide bonds. The molecule has 0 bridgehead atoms. The molecule has 3 aliphatic heterocycles. The van der Waals surface area contributed by atoms with E-state index in [1.54, 1.807) is 0 Å². The van der Waals surface area contributed by atoms with Crippen molar-refractivity contribution in [1.29, 1.82) is 0 Å². The van der Waals surface area contributed by atoms with Gasteiger partial charge >= 0.3 is 5.97 Å². The zero-order valence-corrected chi connectivity index (χ0v) is 23.3. The maximum Gasteiger partial charge on any atom is 0.325 e. The Bertz CT molecular complexity index is 1160. The van der Waals surface area contributed by atoms with Crippen LogP contribution in [0.3, 0.4) is 0 Å². The molecule has 1 saturated heterocycles. The Hall–Kier alpha value is -2.71. The number of unbranched alkanes of at least 4 members (excludes halogenated alkanes) is 2. The van der Waals surface area contributed by atoms with E-state index in [1.165, 1.54) is 24.1 Å². The number of carboxylic acid groups (broad SMARTS) is 1. The SMILES string of the molecule is CC(C)[C@@H]1COCc2cc(F)cc([C@@H](C(=O)O)N3CC[C@@H](CCCCCc4ccc5c(n4)NCCC5)C3)c2O1. The first kappa shape index (κ1) is 27.8. The highest BCUT2D eigenvalue weighted by Crippen LogP contribution is 2.39. The lowest BCUT2D eigenvalue weighted by molar-refractivity contribution is -0.143. The van der Waals surface area contributed by atoms with Gasteiger partial charge in [0.1, 0.15) is 29.5 Å². The van der Waals surface area contributed by atoms with Crippen LogP contribution in [0.2, 0.25) is 0 Å². The molecule has 3 aliphatic rings. The van der Waals surface area contributed by atoms with E-state index in [4.69, 9.17) is 14.5 Å². The second kappa shape index (κ2) is 12.6. The van der Waals surface area contributed by atoms with Crippen molar-refractivity contribution >= 4 is 11.8 Å². The third kappa shape index (κ3) is 6.72. The lowest BCUT2D eigenvalue weighted by Gasteiger charge is -2.28.